The number of rotatable bonds is 7. The van der Waals surface area contributed by atoms with Gasteiger partial charge in [0.1, 0.15) is 17.3 Å². The number of nitrogens with zero attached hydrogens (tertiary/aromatic N) is 3. The lowest BCUT2D eigenvalue weighted by Crippen LogP contribution is -2.17. The van der Waals surface area contributed by atoms with Gasteiger partial charge in [0.15, 0.2) is 5.82 Å². The van der Waals surface area contributed by atoms with Crippen LogP contribution in [0, 0.1) is 5.82 Å². The molecule has 3 rings (SSSR count). The Labute approximate surface area is 164 Å². The molecule has 3 N–H and O–H groups in total. The fourth-order valence-corrected chi connectivity index (χ4v) is 3.08. The van der Waals surface area contributed by atoms with Crippen LogP contribution in [0.5, 0.6) is 11.5 Å². The number of aromatic nitrogens is 3. The molecule has 0 aliphatic heterocycles. The van der Waals surface area contributed by atoms with Crippen LogP contribution in [0.4, 0.5) is 10.1 Å². The van der Waals surface area contributed by atoms with Crippen molar-refractivity contribution in [3.05, 3.63) is 48.3 Å². The van der Waals surface area contributed by atoms with E-state index in [4.69, 9.17) is 15.3 Å². The Morgan fingerprint density at radius 3 is 2.75 bits per heavy atom. The number of thioether (sulfide) groups is 1. The van der Waals surface area contributed by atoms with E-state index in [1.54, 1.807) is 30.3 Å². The van der Waals surface area contributed by atoms with Crippen molar-refractivity contribution in [2.75, 3.05) is 31.1 Å². The van der Waals surface area contributed by atoms with Crippen molar-refractivity contribution in [3.63, 3.8) is 0 Å². The molecule has 0 fully saturated rings. The molecule has 1 aromatic heterocycles. The highest BCUT2D eigenvalue weighted by molar-refractivity contribution is 7.99. The van der Waals surface area contributed by atoms with Gasteiger partial charge in [-0.3, -0.25) is 4.79 Å². The summed E-state index contributed by atoms with van der Waals surface area (Å²) in [7, 11) is 3.05. The molecule has 8 nitrogen and oxygen atoms in total. The van der Waals surface area contributed by atoms with Gasteiger partial charge < -0.3 is 20.6 Å². The van der Waals surface area contributed by atoms with E-state index >= 15 is 0 Å². The topological polar surface area (TPSA) is 104 Å². The van der Waals surface area contributed by atoms with Crippen LogP contribution in [-0.2, 0) is 4.79 Å². The minimum atomic E-state index is -0.402. The van der Waals surface area contributed by atoms with Crippen molar-refractivity contribution < 1.29 is 18.7 Å². The minimum Gasteiger partial charge on any atom is -0.497 e. The van der Waals surface area contributed by atoms with Gasteiger partial charge in [-0.25, -0.2) is 9.07 Å². The van der Waals surface area contributed by atoms with Gasteiger partial charge >= 0.3 is 0 Å². The summed E-state index contributed by atoms with van der Waals surface area (Å²) in [5.41, 5.74) is 0.981. The normalized spacial score (nSPS) is 10.5. The van der Waals surface area contributed by atoms with Crippen LogP contribution in [0.1, 0.15) is 0 Å². The molecule has 10 heteroatoms. The maximum atomic E-state index is 13.4. The standard InChI is InChI=1S/C18H18FN5O3S/c1-26-13-6-7-15(27-2)14(9-13)21-16(25)10-28-18-23-22-17(24(18)20)11-4-3-5-12(19)8-11/h3-9H,10,20H2,1-2H3,(H,21,25). The molecule has 1 heterocycles. The van der Waals surface area contributed by atoms with E-state index in [0.29, 0.717) is 33.7 Å². The number of carbonyl (C=O) groups is 1. The molecule has 0 atom stereocenters. The molecule has 146 valence electrons. The molecule has 0 unspecified atom stereocenters. The molecule has 3 aromatic rings. The van der Waals surface area contributed by atoms with E-state index in [2.05, 4.69) is 15.5 Å². The molecule has 0 bridgehead atoms. The predicted octanol–water partition coefficient (Wildman–Crippen LogP) is 2.55. The van der Waals surface area contributed by atoms with Gasteiger partial charge in [-0.15, -0.1) is 10.2 Å². The third-order valence-electron chi connectivity index (χ3n) is 3.76. The molecule has 28 heavy (non-hydrogen) atoms. The smallest absolute Gasteiger partial charge is 0.234 e. The fourth-order valence-electron chi connectivity index (χ4n) is 2.43. The molecule has 0 aliphatic carbocycles. The van der Waals surface area contributed by atoms with E-state index in [1.165, 1.54) is 31.0 Å². The Morgan fingerprint density at radius 1 is 1.21 bits per heavy atom. The van der Waals surface area contributed by atoms with Gasteiger partial charge in [0, 0.05) is 11.6 Å². The predicted molar refractivity (Wildman–Crippen MR) is 104 cm³/mol. The fraction of sp³-hybridized carbons (Fsp3) is 0.167. The van der Waals surface area contributed by atoms with Gasteiger partial charge in [0.25, 0.3) is 0 Å². The zero-order valence-electron chi connectivity index (χ0n) is 15.2. The van der Waals surface area contributed by atoms with Gasteiger partial charge in [-0.1, -0.05) is 23.9 Å². The Kier molecular flexibility index (Phi) is 5.99. The number of hydrogen-bond donors (Lipinski definition) is 2. The SMILES string of the molecule is COc1ccc(OC)c(NC(=O)CSc2nnc(-c3cccc(F)c3)n2N)c1. The zero-order valence-corrected chi connectivity index (χ0v) is 16.0. The van der Waals surface area contributed by atoms with E-state index in [9.17, 15) is 9.18 Å². The maximum absolute atomic E-state index is 13.4. The number of anilines is 1. The van der Waals surface area contributed by atoms with E-state index < -0.39 is 5.82 Å². The molecule has 1 amide bonds. The third-order valence-corrected chi connectivity index (χ3v) is 4.70. The van der Waals surface area contributed by atoms with Gasteiger partial charge in [-0.2, -0.15) is 0 Å². The number of benzene rings is 2. The molecular weight excluding hydrogens is 385 g/mol. The molecule has 0 spiro atoms. The number of nitrogen functional groups attached to an aromatic ring is 1. The van der Waals surface area contributed by atoms with Gasteiger partial charge in [-0.05, 0) is 24.3 Å². The summed E-state index contributed by atoms with van der Waals surface area (Å²) in [4.78, 5) is 12.3. The van der Waals surface area contributed by atoms with Crippen molar-refractivity contribution in [2.24, 2.45) is 0 Å². The lowest BCUT2D eigenvalue weighted by Gasteiger charge is -2.11. The number of methoxy groups -OCH3 is 2. The van der Waals surface area contributed by atoms with E-state index in [1.807, 2.05) is 0 Å². The van der Waals surface area contributed by atoms with Crippen LogP contribution in [0.15, 0.2) is 47.6 Å². The molecule has 0 radical (unpaired) electrons. The zero-order chi connectivity index (χ0) is 20.1. The highest BCUT2D eigenvalue weighted by atomic mass is 32.2. The highest BCUT2D eigenvalue weighted by Gasteiger charge is 2.15. The number of hydrogen-bond acceptors (Lipinski definition) is 7. The average molecular weight is 403 g/mol. The number of carbonyl (C=O) groups excluding carboxylic acids is 1. The van der Waals surface area contributed by atoms with Crippen LogP contribution < -0.4 is 20.6 Å². The Morgan fingerprint density at radius 2 is 2.04 bits per heavy atom. The quantitative estimate of drug-likeness (QED) is 0.461. The van der Waals surface area contributed by atoms with Crippen molar-refractivity contribution in [1.29, 1.82) is 0 Å². The highest BCUT2D eigenvalue weighted by Crippen LogP contribution is 2.29. The van der Waals surface area contributed by atoms with Crippen LogP contribution in [0.25, 0.3) is 11.4 Å². The minimum absolute atomic E-state index is 0.0405. The Hall–Kier alpha value is -3.27. The number of halogens is 1. The summed E-state index contributed by atoms with van der Waals surface area (Å²) in [6.45, 7) is 0. The summed E-state index contributed by atoms with van der Waals surface area (Å²) < 4.78 is 25.0. The lowest BCUT2D eigenvalue weighted by molar-refractivity contribution is -0.113. The van der Waals surface area contributed by atoms with Crippen molar-refractivity contribution in [3.8, 4) is 22.9 Å². The van der Waals surface area contributed by atoms with Crippen LogP contribution in [0.3, 0.4) is 0 Å². The lowest BCUT2D eigenvalue weighted by atomic mass is 10.2. The number of ether oxygens (including phenoxy) is 2. The second-order valence-corrected chi connectivity index (χ2v) is 6.53. The van der Waals surface area contributed by atoms with Crippen LogP contribution >= 0.6 is 11.8 Å². The number of nitrogens with two attached hydrogens (primary N) is 1. The van der Waals surface area contributed by atoms with Crippen molar-refractivity contribution in [2.45, 2.75) is 5.16 Å². The molecule has 0 saturated heterocycles. The van der Waals surface area contributed by atoms with Crippen LogP contribution in [0.2, 0.25) is 0 Å². The first-order valence-corrected chi connectivity index (χ1v) is 9.11. The first-order chi connectivity index (χ1) is 13.5. The largest absolute Gasteiger partial charge is 0.497 e. The van der Waals surface area contributed by atoms with Crippen LogP contribution in [-0.4, -0.2) is 40.8 Å². The third kappa shape index (κ3) is 4.34. The summed E-state index contributed by atoms with van der Waals surface area (Å²) >= 11 is 1.10. The van der Waals surface area contributed by atoms with Gasteiger partial charge in [0.2, 0.25) is 11.1 Å². The monoisotopic (exact) mass is 403 g/mol. The second kappa shape index (κ2) is 8.61. The van der Waals surface area contributed by atoms with Gasteiger partial charge in [0.05, 0.1) is 25.7 Å². The molecular formula is C18H18FN5O3S. The van der Waals surface area contributed by atoms with E-state index in [-0.39, 0.29) is 11.7 Å². The first kappa shape index (κ1) is 19.5. The Balaban J connectivity index is 1.67. The molecule has 0 aliphatic rings. The molecule has 2 aromatic carbocycles. The number of amides is 1. The van der Waals surface area contributed by atoms with Crippen molar-refractivity contribution >= 4 is 23.4 Å². The summed E-state index contributed by atoms with van der Waals surface area (Å²) in [5, 5.41) is 11.0. The van der Waals surface area contributed by atoms with Crippen molar-refractivity contribution in [1.82, 2.24) is 14.9 Å². The maximum Gasteiger partial charge on any atom is 0.234 e. The Bertz CT molecular complexity index is 995. The average Bonchev–Trinajstić information content (AvgIpc) is 3.06. The summed E-state index contributed by atoms with van der Waals surface area (Å²) in [5.74, 6) is 6.74. The van der Waals surface area contributed by atoms with E-state index in [0.717, 1.165) is 11.8 Å². The molecule has 0 saturated carbocycles. The summed E-state index contributed by atoms with van der Waals surface area (Å²) in [6, 6.07) is 11.0. The number of nitrogens with one attached hydrogen (secondary N) is 1. The summed E-state index contributed by atoms with van der Waals surface area (Å²) in [6.07, 6.45) is 0. The second-order valence-electron chi connectivity index (χ2n) is 5.59. The first-order valence-electron chi connectivity index (χ1n) is 8.13.